The van der Waals surface area contributed by atoms with Gasteiger partial charge in [0.1, 0.15) is 29.8 Å². The molecule has 0 fully saturated rings. The van der Waals surface area contributed by atoms with Crippen LogP contribution >= 0.6 is 0 Å². The summed E-state index contributed by atoms with van der Waals surface area (Å²) in [5, 5.41) is 12.4. The van der Waals surface area contributed by atoms with Gasteiger partial charge < -0.3 is 10.4 Å². The van der Waals surface area contributed by atoms with Crippen LogP contribution in [0.2, 0.25) is 0 Å². The van der Waals surface area contributed by atoms with Gasteiger partial charge in [-0.05, 0) is 40.0 Å². The quantitative estimate of drug-likeness (QED) is 0.468. The summed E-state index contributed by atoms with van der Waals surface area (Å²) in [6.07, 6.45) is -4.13. The van der Waals surface area contributed by atoms with E-state index in [0.29, 0.717) is 12.5 Å². The molecule has 168 valence electrons. The maximum absolute atomic E-state index is 14.5. The van der Waals surface area contributed by atoms with Crippen molar-refractivity contribution in [3.05, 3.63) is 29.7 Å². The highest BCUT2D eigenvalue weighted by Crippen LogP contribution is 2.33. The van der Waals surface area contributed by atoms with Gasteiger partial charge in [-0.25, -0.2) is 19.8 Å². The number of anilines is 3. The molecule has 31 heavy (non-hydrogen) atoms. The monoisotopic (exact) mass is 443 g/mol. The number of halogens is 4. The Morgan fingerprint density at radius 3 is 2.48 bits per heavy atom. The van der Waals surface area contributed by atoms with Crippen molar-refractivity contribution in [2.24, 2.45) is 0 Å². The summed E-state index contributed by atoms with van der Waals surface area (Å²) in [6.45, 7) is 5.29. The minimum absolute atomic E-state index is 0.0844. The van der Waals surface area contributed by atoms with E-state index in [1.165, 1.54) is 0 Å². The summed E-state index contributed by atoms with van der Waals surface area (Å²) in [4.78, 5) is 24.6. The molecule has 0 saturated heterocycles. The molecule has 0 aliphatic heterocycles. The van der Waals surface area contributed by atoms with Crippen LogP contribution in [0.25, 0.3) is 5.57 Å². The highest BCUT2D eigenvalue weighted by atomic mass is 19.4. The number of hydrogen-bond acceptors (Lipinski definition) is 9. The Labute approximate surface area is 175 Å². The van der Waals surface area contributed by atoms with Gasteiger partial charge in [-0.15, -0.1) is 0 Å². The van der Waals surface area contributed by atoms with E-state index in [-0.39, 0.29) is 42.0 Å². The summed E-state index contributed by atoms with van der Waals surface area (Å²) >= 11 is 0. The fourth-order valence-corrected chi connectivity index (χ4v) is 2.64. The molecular weight excluding hydrogens is 422 g/mol. The Balaban J connectivity index is 1.98. The zero-order chi connectivity index (χ0) is 22.8. The largest absolute Gasteiger partial charge is 0.433 e. The molecule has 2 aromatic heterocycles. The van der Waals surface area contributed by atoms with E-state index in [1.54, 1.807) is 20.8 Å². The van der Waals surface area contributed by atoms with Crippen LogP contribution in [0.3, 0.4) is 0 Å². The number of aliphatic hydroxyl groups is 1. The summed E-state index contributed by atoms with van der Waals surface area (Å²) in [6, 6.07) is 0.687. The lowest BCUT2D eigenvalue weighted by Gasteiger charge is -2.21. The van der Waals surface area contributed by atoms with E-state index in [2.05, 4.69) is 35.7 Å². The van der Waals surface area contributed by atoms with Gasteiger partial charge in [-0.3, -0.25) is 4.84 Å². The number of hydrogen-bond donors (Lipinski definition) is 3. The molecule has 13 heteroatoms. The van der Waals surface area contributed by atoms with E-state index in [9.17, 15) is 22.7 Å². The standard InChI is InChI=1S/C18H21F4N7O2/c1-17(2,3)31-29-16-27-14(9-5-4-6-10(30)13(9)19)26-15(28-16)25-12-7-11(18(20,21)22)23-8-24-12/h7-8,10,30H,4-6H2,1-3H3,(H2,23,24,25,26,27,28,29). The van der Waals surface area contributed by atoms with Crippen LogP contribution in [0, 0.1) is 0 Å². The van der Waals surface area contributed by atoms with Crippen molar-refractivity contribution < 1.29 is 27.5 Å². The fourth-order valence-electron chi connectivity index (χ4n) is 2.64. The van der Waals surface area contributed by atoms with Crippen LogP contribution in [-0.2, 0) is 11.0 Å². The molecule has 3 rings (SSSR count). The molecule has 0 radical (unpaired) electrons. The van der Waals surface area contributed by atoms with Crippen LogP contribution in [0.1, 0.15) is 51.6 Å². The summed E-state index contributed by atoms with van der Waals surface area (Å²) in [5.74, 6) is -1.36. The van der Waals surface area contributed by atoms with E-state index in [4.69, 9.17) is 4.84 Å². The number of nitrogens with zero attached hydrogens (tertiary/aromatic N) is 5. The van der Waals surface area contributed by atoms with Crippen molar-refractivity contribution in [2.75, 3.05) is 10.8 Å². The van der Waals surface area contributed by atoms with Crippen molar-refractivity contribution in [3.63, 3.8) is 0 Å². The zero-order valence-corrected chi connectivity index (χ0v) is 17.0. The third-order valence-corrected chi connectivity index (χ3v) is 4.04. The van der Waals surface area contributed by atoms with E-state index >= 15 is 0 Å². The number of alkyl halides is 3. The molecule has 0 saturated carbocycles. The normalized spacial score (nSPS) is 17.6. The first-order valence-electron chi connectivity index (χ1n) is 9.36. The smallest absolute Gasteiger partial charge is 0.386 e. The first-order valence-corrected chi connectivity index (χ1v) is 9.36. The van der Waals surface area contributed by atoms with Gasteiger partial charge in [-0.2, -0.15) is 28.1 Å². The van der Waals surface area contributed by atoms with E-state index < -0.39 is 29.4 Å². The Morgan fingerprint density at radius 2 is 1.81 bits per heavy atom. The van der Waals surface area contributed by atoms with Gasteiger partial charge in [0.25, 0.3) is 5.95 Å². The van der Waals surface area contributed by atoms with E-state index in [0.717, 1.165) is 6.33 Å². The fraction of sp³-hybridized carbons (Fsp3) is 0.500. The Bertz CT molecular complexity index is 976. The summed E-state index contributed by atoms with van der Waals surface area (Å²) in [7, 11) is 0. The van der Waals surface area contributed by atoms with Gasteiger partial charge >= 0.3 is 6.18 Å². The molecule has 3 N–H and O–H groups in total. The molecule has 1 aliphatic carbocycles. The van der Waals surface area contributed by atoms with Crippen molar-refractivity contribution >= 4 is 23.3 Å². The van der Waals surface area contributed by atoms with Gasteiger partial charge in [0.15, 0.2) is 5.82 Å². The molecule has 0 amide bonds. The number of aliphatic hydroxyl groups excluding tert-OH is 1. The van der Waals surface area contributed by atoms with Gasteiger partial charge in [-0.1, -0.05) is 0 Å². The summed E-state index contributed by atoms with van der Waals surface area (Å²) < 4.78 is 53.2. The Hall–Kier alpha value is -2.93. The Morgan fingerprint density at radius 1 is 1.10 bits per heavy atom. The van der Waals surface area contributed by atoms with Gasteiger partial charge in [0.2, 0.25) is 5.95 Å². The molecule has 2 aromatic rings. The van der Waals surface area contributed by atoms with Gasteiger partial charge in [0, 0.05) is 11.6 Å². The predicted molar refractivity (Wildman–Crippen MR) is 102 cm³/mol. The van der Waals surface area contributed by atoms with Crippen LogP contribution in [0.15, 0.2) is 18.2 Å². The minimum atomic E-state index is -4.66. The van der Waals surface area contributed by atoms with Crippen LogP contribution in [0.4, 0.5) is 35.3 Å². The topological polar surface area (TPSA) is 118 Å². The maximum Gasteiger partial charge on any atom is 0.433 e. The van der Waals surface area contributed by atoms with Gasteiger partial charge in [0.05, 0.1) is 5.60 Å². The second-order valence-corrected chi connectivity index (χ2v) is 7.77. The molecular formula is C18H21F4N7O2. The molecule has 1 aliphatic rings. The van der Waals surface area contributed by atoms with Crippen LogP contribution < -0.4 is 10.8 Å². The lowest BCUT2D eigenvalue weighted by molar-refractivity contribution is -0.141. The maximum atomic E-state index is 14.5. The SMILES string of the molecule is CC(C)(C)ONc1nc(Nc2cc(C(F)(F)F)ncn2)nc(C2=C(F)C(O)CCC2)n1. The molecule has 0 spiro atoms. The third-order valence-electron chi connectivity index (χ3n) is 4.04. The lowest BCUT2D eigenvalue weighted by atomic mass is 9.96. The highest BCUT2D eigenvalue weighted by Gasteiger charge is 2.33. The lowest BCUT2D eigenvalue weighted by Crippen LogP contribution is -2.24. The average molecular weight is 443 g/mol. The molecule has 0 aromatic carbocycles. The van der Waals surface area contributed by atoms with Crippen molar-refractivity contribution in [1.82, 2.24) is 24.9 Å². The minimum Gasteiger partial charge on any atom is -0.386 e. The van der Waals surface area contributed by atoms with E-state index in [1.807, 2.05) is 0 Å². The second kappa shape index (κ2) is 8.67. The molecule has 1 unspecified atom stereocenters. The number of nitrogens with one attached hydrogen (secondary N) is 2. The average Bonchev–Trinajstić information content (AvgIpc) is 2.67. The van der Waals surface area contributed by atoms with Crippen molar-refractivity contribution in [3.8, 4) is 0 Å². The highest BCUT2D eigenvalue weighted by molar-refractivity contribution is 5.65. The van der Waals surface area contributed by atoms with Crippen LogP contribution in [-0.4, -0.2) is 41.7 Å². The molecule has 0 bridgehead atoms. The number of rotatable bonds is 5. The summed E-state index contributed by atoms with van der Waals surface area (Å²) in [5.41, 5.74) is 0.835. The van der Waals surface area contributed by atoms with Crippen LogP contribution in [0.5, 0.6) is 0 Å². The number of aromatic nitrogens is 5. The molecule has 1 atom stereocenters. The second-order valence-electron chi connectivity index (χ2n) is 7.77. The number of allylic oxidation sites excluding steroid dienone is 1. The zero-order valence-electron chi connectivity index (χ0n) is 17.0. The first kappa shape index (κ1) is 22.7. The first-order chi connectivity index (χ1) is 14.4. The Kier molecular flexibility index (Phi) is 6.36. The predicted octanol–water partition coefficient (Wildman–Crippen LogP) is 3.79. The molecule has 9 nitrogen and oxygen atoms in total. The van der Waals surface area contributed by atoms with Crippen molar-refractivity contribution in [1.29, 1.82) is 0 Å². The molecule has 2 heterocycles. The third kappa shape index (κ3) is 6.04. The van der Waals surface area contributed by atoms with Crippen molar-refractivity contribution in [2.45, 2.75) is 57.9 Å².